The first-order valence-electron chi connectivity index (χ1n) is 10.4. The predicted octanol–water partition coefficient (Wildman–Crippen LogP) is 7.00. The molecule has 0 aliphatic heterocycles. The van der Waals surface area contributed by atoms with Crippen LogP contribution in [0.25, 0.3) is 16.7 Å². The fourth-order valence-electron chi connectivity index (χ4n) is 3.81. The lowest BCUT2D eigenvalue weighted by Crippen LogP contribution is -2.05. The Bertz CT molecular complexity index is 1300. The van der Waals surface area contributed by atoms with Gasteiger partial charge in [0.05, 0.1) is 5.56 Å². The second-order valence-corrected chi connectivity index (χ2v) is 7.58. The second-order valence-electron chi connectivity index (χ2n) is 7.58. The third-order valence-corrected chi connectivity index (χ3v) is 5.29. The van der Waals surface area contributed by atoms with Gasteiger partial charge < -0.3 is 4.74 Å². The Labute approximate surface area is 194 Å². The highest BCUT2D eigenvalue weighted by atomic mass is 19.4. The van der Waals surface area contributed by atoms with E-state index >= 15 is 0 Å². The molecule has 3 nitrogen and oxygen atoms in total. The zero-order valence-electron chi connectivity index (χ0n) is 18.1. The fourth-order valence-corrected chi connectivity index (χ4v) is 3.81. The molecular formula is C28H19F3O3. The smallest absolute Gasteiger partial charge is 0.416 e. The number of ketones is 1. The van der Waals surface area contributed by atoms with Crippen molar-refractivity contribution in [1.29, 1.82) is 0 Å². The van der Waals surface area contributed by atoms with Crippen LogP contribution in [-0.4, -0.2) is 11.8 Å². The molecule has 0 saturated carbocycles. The number of hydrogen-bond acceptors (Lipinski definition) is 3. The number of esters is 1. The molecule has 170 valence electrons. The minimum absolute atomic E-state index is 0.134. The average Bonchev–Trinajstić information content (AvgIpc) is 3.15. The Hall–Kier alpha value is -4.19. The third kappa shape index (κ3) is 4.76. The van der Waals surface area contributed by atoms with E-state index in [2.05, 4.69) is 0 Å². The maximum absolute atomic E-state index is 12.7. The Kier molecular flexibility index (Phi) is 6.32. The highest BCUT2D eigenvalue weighted by Gasteiger charge is 2.30. The zero-order valence-corrected chi connectivity index (χ0v) is 18.1. The van der Waals surface area contributed by atoms with Crippen LogP contribution in [0.4, 0.5) is 13.2 Å². The number of hydrogen-bond donors (Lipinski definition) is 0. The number of allylic oxidation sites excluding steroid dienone is 4. The summed E-state index contributed by atoms with van der Waals surface area (Å²) in [6.07, 6.45) is 1.38. The quantitative estimate of drug-likeness (QED) is 0.106. The minimum Gasteiger partial charge on any atom is -0.426 e. The van der Waals surface area contributed by atoms with E-state index in [1.54, 1.807) is 12.2 Å². The molecule has 34 heavy (non-hydrogen) atoms. The number of fused-ring (bicyclic) bond motifs is 3. The van der Waals surface area contributed by atoms with Gasteiger partial charge in [0.25, 0.3) is 0 Å². The van der Waals surface area contributed by atoms with Crippen molar-refractivity contribution in [1.82, 2.24) is 0 Å². The van der Waals surface area contributed by atoms with Crippen LogP contribution in [0.1, 0.15) is 34.0 Å². The number of benzene rings is 3. The van der Waals surface area contributed by atoms with Gasteiger partial charge in [0.1, 0.15) is 5.76 Å². The van der Waals surface area contributed by atoms with Crippen molar-refractivity contribution in [2.75, 3.05) is 0 Å². The molecule has 0 amide bonds. The highest BCUT2D eigenvalue weighted by molar-refractivity contribution is 6.05. The molecule has 0 spiro atoms. The van der Waals surface area contributed by atoms with Crippen molar-refractivity contribution < 1.29 is 27.5 Å². The molecule has 0 atom stereocenters. The van der Waals surface area contributed by atoms with Crippen molar-refractivity contribution in [3.05, 3.63) is 125 Å². The van der Waals surface area contributed by atoms with Crippen LogP contribution in [-0.2, 0) is 15.7 Å². The number of carbonyl (C=O) groups excluding carboxylic acids is 2. The van der Waals surface area contributed by atoms with Crippen molar-refractivity contribution >= 4 is 17.3 Å². The number of halogens is 3. The average molecular weight is 460 g/mol. The maximum atomic E-state index is 12.7. The van der Waals surface area contributed by atoms with Crippen molar-refractivity contribution in [3.63, 3.8) is 0 Å². The van der Waals surface area contributed by atoms with Crippen LogP contribution in [0.2, 0.25) is 0 Å². The van der Waals surface area contributed by atoms with Crippen LogP contribution >= 0.6 is 0 Å². The van der Waals surface area contributed by atoms with Gasteiger partial charge in [-0.2, -0.15) is 13.2 Å². The molecule has 0 radical (unpaired) electrons. The van der Waals surface area contributed by atoms with Crippen LogP contribution in [0.3, 0.4) is 0 Å². The summed E-state index contributed by atoms with van der Waals surface area (Å²) in [6, 6.07) is 19.6. The van der Waals surface area contributed by atoms with E-state index in [0.29, 0.717) is 5.76 Å². The molecule has 1 aliphatic rings. The van der Waals surface area contributed by atoms with E-state index in [4.69, 9.17) is 4.74 Å². The Morgan fingerprint density at radius 2 is 1.24 bits per heavy atom. The summed E-state index contributed by atoms with van der Waals surface area (Å²) in [6.45, 7) is 1.31. The Morgan fingerprint density at radius 1 is 0.735 bits per heavy atom. The summed E-state index contributed by atoms with van der Waals surface area (Å²) in [5.41, 5.74) is 3.99. The van der Waals surface area contributed by atoms with E-state index in [9.17, 15) is 22.8 Å². The van der Waals surface area contributed by atoms with Crippen molar-refractivity contribution in [2.24, 2.45) is 0 Å². The first-order chi connectivity index (χ1) is 16.3. The second kappa shape index (κ2) is 9.35. The number of ether oxygens (including phenoxy) is 1. The van der Waals surface area contributed by atoms with Gasteiger partial charge in [-0.1, -0.05) is 72.8 Å². The standard InChI is InChI=1S/C28H19F3O3/c1-18(32)34-26(27-23-10-4-2-8-21(23)22-9-3-5-11-24(22)27)13-7-6-12-25(33)19-14-16-20(17-15-19)28(29,30)31/h2-17H,1H3/b12-6+,13-7+. The molecule has 0 heterocycles. The zero-order chi connectivity index (χ0) is 24.3. The number of carbonyl (C=O) groups is 2. The molecule has 1 aliphatic carbocycles. The van der Waals surface area contributed by atoms with E-state index in [1.165, 1.54) is 19.1 Å². The van der Waals surface area contributed by atoms with Gasteiger partial charge in [-0.05, 0) is 46.5 Å². The summed E-state index contributed by atoms with van der Waals surface area (Å²) in [7, 11) is 0. The lowest BCUT2D eigenvalue weighted by molar-refractivity contribution is -0.138. The summed E-state index contributed by atoms with van der Waals surface area (Å²) >= 11 is 0. The number of alkyl halides is 3. The summed E-state index contributed by atoms with van der Waals surface area (Å²) in [5.74, 6) is -0.605. The number of rotatable bonds is 5. The molecule has 0 bridgehead atoms. The molecule has 6 heteroatoms. The topological polar surface area (TPSA) is 43.4 Å². The maximum Gasteiger partial charge on any atom is 0.416 e. The SMILES string of the molecule is CC(=O)OC(/C=C/C=C/C(=O)c1ccc(C(F)(F)F)cc1)=C1c2ccccc2-c2ccccc21. The predicted molar refractivity (Wildman–Crippen MR) is 124 cm³/mol. The largest absolute Gasteiger partial charge is 0.426 e. The lowest BCUT2D eigenvalue weighted by atomic mass is 10.0. The van der Waals surface area contributed by atoms with E-state index in [1.807, 2.05) is 48.5 Å². The molecular weight excluding hydrogens is 441 g/mol. The Balaban J connectivity index is 1.63. The van der Waals surface area contributed by atoms with Crippen LogP contribution in [0.5, 0.6) is 0 Å². The summed E-state index contributed by atoms with van der Waals surface area (Å²) < 4.78 is 43.6. The molecule has 0 saturated heterocycles. The van der Waals surface area contributed by atoms with Gasteiger partial charge in [0.15, 0.2) is 5.78 Å². The van der Waals surface area contributed by atoms with Crippen LogP contribution < -0.4 is 0 Å². The lowest BCUT2D eigenvalue weighted by Gasteiger charge is -2.09. The summed E-state index contributed by atoms with van der Waals surface area (Å²) in [4.78, 5) is 24.1. The molecule has 3 aromatic rings. The van der Waals surface area contributed by atoms with Gasteiger partial charge in [-0.15, -0.1) is 0 Å². The van der Waals surface area contributed by atoms with Gasteiger partial charge in [-0.3, -0.25) is 9.59 Å². The van der Waals surface area contributed by atoms with Crippen LogP contribution in [0, 0.1) is 0 Å². The normalized spacial score (nSPS) is 12.6. The first kappa shape index (κ1) is 23.0. The van der Waals surface area contributed by atoms with E-state index < -0.39 is 23.5 Å². The fraction of sp³-hybridized carbons (Fsp3) is 0.0714. The van der Waals surface area contributed by atoms with Crippen molar-refractivity contribution in [2.45, 2.75) is 13.1 Å². The van der Waals surface area contributed by atoms with Gasteiger partial charge >= 0.3 is 12.1 Å². The van der Waals surface area contributed by atoms with Crippen LogP contribution in [0.15, 0.2) is 103 Å². The highest BCUT2D eigenvalue weighted by Crippen LogP contribution is 2.45. The molecule has 4 rings (SSSR count). The first-order valence-corrected chi connectivity index (χ1v) is 10.4. The molecule has 0 fully saturated rings. The molecule has 0 N–H and O–H groups in total. The van der Waals surface area contributed by atoms with Gasteiger partial charge in [0, 0.05) is 18.1 Å². The molecule has 0 unspecified atom stereocenters. The molecule has 3 aromatic carbocycles. The molecule has 0 aromatic heterocycles. The van der Waals surface area contributed by atoms with Crippen molar-refractivity contribution in [3.8, 4) is 11.1 Å². The minimum atomic E-state index is -4.46. The van der Waals surface area contributed by atoms with E-state index in [0.717, 1.165) is 52.1 Å². The summed E-state index contributed by atoms with van der Waals surface area (Å²) in [5, 5.41) is 0. The third-order valence-electron chi connectivity index (χ3n) is 5.29. The van der Waals surface area contributed by atoms with Gasteiger partial charge in [-0.25, -0.2) is 0 Å². The Morgan fingerprint density at radius 3 is 1.74 bits per heavy atom. The monoisotopic (exact) mass is 460 g/mol. The van der Waals surface area contributed by atoms with Gasteiger partial charge in [0.2, 0.25) is 0 Å². The van der Waals surface area contributed by atoms with E-state index in [-0.39, 0.29) is 5.56 Å².